The first kappa shape index (κ1) is 7.11. The van der Waals surface area contributed by atoms with Gasteiger partial charge in [-0.1, -0.05) is 12.2 Å². The van der Waals surface area contributed by atoms with Crippen molar-refractivity contribution in [3.05, 3.63) is 12.2 Å². The highest BCUT2D eigenvalue weighted by molar-refractivity contribution is 5.29. The minimum atomic E-state index is 0.708. The Bertz CT molecular complexity index is 400. The van der Waals surface area contributed by atoms with E-state index in [-0.39, 0.29) is 0 Å². The van der Waals surface area contributed by atoms with Crippen LogP contribution in [0.25, 0.3) is 0 Å². The van der Waals surface area contributed by atoms with Crippen molar-refractivity contribution in [3.63, 3.8) is 0 Å². The van der Waals surface area contributed by atoms with Crippen LogP contribution in [0.5, 0.6) is 0 Å². The van der Waals surface area contributed by atoms with Crippen LogP contribution >= 0.6 is 0 Å². The molecule has 0 aromatic carbocycles. The number of epoxide rings is 1. The number of rotatable bonds is 0. The van der Waals surface area contributed by atoms with Crippen molar-refractivity contribution in [1.82, 2.24) is 0 Å². The summed E-state index contributed by atoms with van der Waals surface area (Å²) in [5.41, 5.74) is 0. The molecule has 5 fully saturated rings. The Morgan fingerprint density at radius 3 is 2.87 bits per heavy atom. The van der Waals surface area contributed by atoms with Crippen LogP contribution in [0, 0.1) is 47.3 Å². The molecule has 5 aliphatic carbocycles. The summed E-state index contributed by atoms with van der Waals surface area (Å²) in [7, 11) is 0. The van der Waals surface area contributed by atoms with E-state index in [4.69, 9.17) is 4.74 Å². The normalized spacial score (nSPS) is 78.9. The van der Waals surface area contributed by atoms with E-state index in [9.17, 15) is 0 Å². The SMILES string of the molecule is C1=C[C@H]2C[C@H]3C[C@H]4[C@H]5O[C@H]5[C@H]5[C@@H]1[C@@H]2[C@@H]3[C@@H]45. The van der Waals surface area contributed by atoms with Crippen molar-refractivity contribution in [2.24, 2.45) is 47.3 Å². The molecular formula is C14H16O. The number of ether oxygens (including phenoxy) is 1. The van der Waals surface area contributed by atoms with E-state index in [1.165, 1.54) is 12.8 Å². The van der Waals surface area contributed by atoms with Crippen LogP contribution in [-0.4, -0.2) is 12.2 Å². The van der Waals surface area contributed by atoms with Gasteiger partial charge in [0.2, 0.25) is 0 Å². The van der Waals surface area contributed by atoms with Gasteiger partial charge in [0.25, 0.3) is 0 Å². The van der Waals surface area contributed by atoms with Gasteiger partial charge in [0.1, 0.15) is 0 Å². The molecule has 1 saturated heterocycles. The first-order valence-corrected chi connectivity index (χ1v) is 6.77. The van der Waals surface area contributed by atoms with Gasteiger partial charge in [0.15, 0.2) is 0 Å². The van der Waals surface area contributed by atoms with Crippen molar-refractivity contribution >= 4 is 0 Å². The highest BCUT2D eigenvalue weighted by atomic mass is 16.6. The van der Waals surface area contributed by atoms with Gasteiger partial charge >= 0.3 is 0 Å². The fraction of sp³-hybridized carbons (Fsp3) is 0.857. The predicted molar refractivity (Wildman–Crippen MR) is 55.0 cm³/mol. The second kappa shape index (κ2) is 1.84. The molecule has 1 nitrogen and oxygen atoms in total. The second-order valence-corrected chi connectivity index (χ2v) is 6.90. The van der Waals surface area contributed by atoms with Crippen LogP contribution in [0.4, 0.5) is 0 Å². The smallest absolute Gasteiger partial charge is 0.0881 e. The summed E-state index contributed by atoms with van der Waals surface area (Å²) >= 11 is 0. The van der Waals surface area contributed by atoms with Gasteiger partial charge in [-0.15, -0.1) is 0 Å². The molecule has 10 atom stereocenters. The van der Waals surface area contributed by atoms with E-state index in [1.807, 2.05) is 0 Å². The third kappa shape index (κ3) is 0.544. The van der Waals surface area contributed by atoms with E-state index in [1.54, 1.807) is 0 Å². The molecule has 0 spiro atoms. The molecule has 15 heavy (non-hydrogen) atoms. The standard InChI is InChI=1S/C14H16O/c1-2-7-9-5(1)3-6-4-8-11(10(6)9)12(7)14-13(8)15-14/h1-2,5-14H,3-4H2/t5-,6-,7-,8+,9+,10+,11+,12-,13+,14-/m0/s1. The molecular weight excluding hydrogens is 184 g/mol. The van der Waals surface area contributed by atoms with Crippen molar-refractivity contribution in [2.75, 3.05) is 0 Å². The molecule has 4 saturated carbocycles. The van der Waals surface area contributed by atoms with Crippen LogP contribution in [0.3, 0.4) is 0 Å². The molecule has 0 unspecified atom stereocenters. The highest BCUT2D eigenvalue weighted by Gasteiger charge is 2.76. The maximum Gasteiger partial charge on any atom is 0.0881 e. The van der Waals surface area contributed by atoms with Crippen molar-refractivity contribution in [1.29, 1.82) is 0 Å². The summed E-state index contributed by atoms with van der Waals surface area (Å²) in [6.07, 6.45) is 9.63. The monoisotopic (exact) mass is 200 g/mol. The Hall–Kier alpha value is -0.300. The van der Waals surface area contributed by atoms with Crippen molar-refractivity contribution in [3.8, 4) is 0 Å². The molecule has 0 amide bonds. The molecule has 6 aliphatic rings. The molecule has 1 heteroatoms. The molecule has 0 aromatic heterocycles. The topological polar surface area (TPSA) is 12.5 Å². The molecule has 0 radical (unpaired) electrons. The van der Waals surface area contributed by atoms with Gasteiger partial charge in [-0.25, -0.2) is 0 Å². The minimum absolute atomic E-state index is 0.708. The van der Waals surface area contributed by atoms with Crippen molar-refractivity contribution in [2.45, 2.75) is 25.0 Å². The lowest BCUT2D eigenvalue weighted by molar-refractivity contribution is 0.161. The largest absolute Gasteiger partial charge is 0.369 e. The van der Waals surface area contributed by atoms with Gasteiger partial charge in [0.05, 0.1) is 12.2 Å². The van der Waals surface area contributed by atoms with Crippen LogP contribution in [-0.2, 0) is 4.74 Å². The third-order valence-electron chi connectivity index (χ3n) is 6.85. The first-order chi connectivity index (χ1) is 7.43. The number of allylic oxidation sites excluding steroid dienone is 2. The Kier molecular flexibility index (Phi) is 0.870. The van der Waals surface area contributed by atoms with Crippen molar-refractivity contribution < 1.29 is 4.74 Å². The van der Waals surface area contributed by atoms with Crippen LogP contribution in [0.1, 0.15) is 12.8 Å². The average molecular weight is 200 g/mol. The zero-order valence-electron chi connectivity index (χ0n) is 8.75. The van der Waals surface area contributed by atoms with Crippen LogP contribution in [0.2, 0.25) is 0 Å². The molecule has 0 aromatic rings. The number of fused-ring (bicyclic) bond motifs is 4. The summed E-state index contributed by atoms with van der Waals surface area (Å²) < 4.78 is 5.94. The molecule has 0 N–H and O–H groups in total. The average Bonchev–Trinajstić information content (AvgIpc) is 2.62. The molecule has 78 valence electrons. The van der Waals surface area contributed by atoms with Crippen LogP contribution in [0.15, 0.2) is 12.2 Å². The van der Waals surface area contributed by atoms with E-state index in [0.29, 0.717) is 6.10 Å². The molecule has 1 aliphatic heterocycles. The Morgan fingerprint density at radius 2 is 1.87 bits per heavy atom. The molecule has 0 bridgehead atoms. The molecule has 1 heterocycles. The second-order valence-electron chi connectivity index (χ2n) is 6.90. The Morgan fingerprint density at radius 1 is 0.867 bits per heavy atom. The summed E-state index contributed by atoms with van der Waals surface area (Å²) in [6.45, 7) is 0. The summed E-state index contributed by atoms with van der Waals surface area (Å²) in [5, 5.41) is 0. The van der Waals surface area contributed by atoms with E-state index in [2.05, 4.69) is 12.2 Å². The fourth-order valence-electron chi connectivity index (χ4n) is 6.79. The Balaban J connectivity index is 1.63. The third-order valence-corrected chi connectivity index (χ3v) is 6.85. The number of hydrogen-bond acceptors (Lipinski definition) is 1. The predicted octanol–water partition coefficient (Wildman–Crippen LogP) is 2.09. The van der Waals surface area contributed by atoms with Gasteiger partial charge < -0.3 is 4.74 Å². The zero-order chi connectivity index (χ0) is 9.31. The maximum atomic E-state index is 5.94. The lowest BCUT2D eigenvalue weighted by Crippen LogP contribution is -2.18. The molecule has 6 rings (SSSR count). The lowest BCUT2D eigenvalue weighted by atomic mass is 9.87. The summed E-state index contributed by atoms with van der Waals surface area (Å²) in [4.78, 5) is 0. The quantitative estimate of drug-likeness (QED) is 0.431. The number of hydrogen-bond donors (Lipinski definition) is 0. The van der Waals surface area contributed by atoms with E-state index >= 15 is 0 Å². The first-order valence-electron chi connectivity index (χ1n) is 6.77. The lowest BCUT2D eigenvalue weighted by Gasteiger charge is -2.19. The van der Waals surface area contributed by atoms with Gasteiger partial charge in [-0.3, -0.25) is 0 Å². The summed E-state index contributed by atoms with van der Waals surface area (Å²) in [6, 6.07) is 0. The van der Waals surface area contributed by atoms with E-state index in [0.717, 1.165) is 53.4 Å². The van der Waals surface area contributed by atoms with Gasteiger partial charge in [-0.05, 0) is 60.2 Å². The van der Waals surface area contributed by atoms with Crippen LogP contribution < -0.4 is 0 Å². The zero-order valence-corrected chi connectivity index (χ0v) is 8.75. The summed E-state index contributed by atoms with van der Waals surface area (Å²) in [5.74, 6) is 8.27. The maximum absolute atomic E-state index is 5.94. The highest BCUT2D eigenvalue weighted by Crippen LogP contribution is 2.76. The van der Waals surface area contributed by atoms with E-state index < -0.39 is 0 Å². The van der Waals surface area contributed by atoms with Gasteiger partial charge in [-0.2, -0.15) is 0 Å². The van der Waals surface area contributed by atoms with Gasteiger partial charge in [0, 0.05) is 0 Å². The fourth-order valence-corrected chi connectivity index (χ4v) is 6.79. The minimum Gasteiger partial charge on any atom is -0.369 e. The Labute approximate surface area is 89.9 Å².